The van der Waals surface area contributed by atoms with Crippen LogP contribution in [0.1, 0.15) is 16.9 Å². The van der Waals surface area contributed by atoms with Gasteiger partial charge in [-0.2, -0.15) is 5.10 Å². The molecule has 0 aromatic carbocycles. The van der Waals surface area contributed by atoms with E-state index in [0.29, 0.717) is 11.7 Å². The van der Waals surface area contributed by atoms with Crippen molar-refractivity contribution in [2.24, 2.45) is 7.05 Å². The average Bonchev–Trinajstić information content (AvgIpc) is 3.14. The number of pyridine rings is 1. The van der Waals surface area contributed by atoms with Gasteiger partial charge in [-0.15, -0.1) is 0 Å². The van der Waals surface area contributed by atoms with Crippen LogP contribution in [0, 0.1) is 0 Å². The van der Waals surface area contributed by atoms with Crippen LogP contribution in [0.25, 0.3) is 11.3 Å². The van der Waals surface area contributed by atoms with E-state index < -0.39 is 0 Å². The fourth-order valence-electron chi connectivity index (χ4n) is 2.67. The van der Waals surface area contributed by atoms with E-state index in [-0.39, 0.29) is 5.91 Å². The average molecular weight is 285 g/mol. The van der Waals surface area contributed by atoms with Crippen molar-refractivity contribution in [1.82, 2.24) is 25.0 Å². The summed E-state index contributed by atoms with van der Waals surface area (Å²) in [5.41, 5.74) is 2.39. The Labute approximate surface area is 123 Å². The molecule has 1 N–H and O–H groups in total. The molecule has 21 heavy (non-hydrogen) atoms. The summed E-state index contributed by atoms with van der Waals surface area (Å²) in [6, 6.07) is 6.03. The van der Waals surface area contributed by atoms with Crippen LogP contribution in [0.5, 0.6) is 0 Å². The van der Waals surface area contributed by atoms with Gasteiger partial charge in [-0.25, -0.2) is 0 Å². The molecule has 0 radical (unpaired) electrons. The Morgan fingerprint density at radius 1 is 1.38 bits per heavy atom. The molecule has 1 unspecified atom stereocenters. The minimum atomic E-state index is 0.0445. The fraction of sp³-hybridized carbons (Fsp3) is 0.400. The smallest absolute Gasteiger partial charge is 0.272 e. The number of nitrogens with zero attached hydrogens (tertiary/aromatic N) is 4. The van der Waals surface area contributed by atoms with Crippen LogP contribution >= 0.6 is 0 Å². The summed E-state index contributed by atoms with van der Waals surface area (Å²) in [5.74, 6) is 0.0445. The molecule has 3 heterocycles. The molecule has 6 nitrogen and oxygen atoms in total. The zero-order valence-electron chi connectivity index (χ0n) is 12.3. The largest absolute Gasteiger partial charge is 0.336 e. The number of amides is 1. The number of aryl methyl sites for hydroxylation is 1. The normalized spacial score (nSPS) is 18.2. The van der Waals surface area contributed by atoms with Crippen molar-refractivity contribution >= 4 is 5.91 Å². The highest BCUT2D eigenvalue weighted by atomic mass is 16.2. The summed E-state index contributed by atoms with van der Waals surface area (Å²) in [6.45, 7) is 1.55. The number of likely N-dealkylation sites (N-methyl/N-ethyl adjacent to an activating group) is 1. The highest BCUT2D eigenvalue weighted by molar-refractivity contribution is 5.94. The molecule has 2 aromatic heterocycles. The van der Waals surface area contributed by atoms with Crippen molar-refractivity contribution in [3.05, 3.63) is 36.3 Å². The van der Waals surface area contributed by atoms with E-state index >= 15 is 0 Å². The number of aromatic nitrogens is 3. The van der Waals surface area contributed by atoms with Crippen molar-refractivity contribution in [2.75, 3.05) is 20.1 Å². The van der Waals surface area contributed by atoms with E-state index in [1.165, 1.54) is 0 Å². The van der Waals surface area contributed by atoms with E-state index in [1.807, 2.05) is 37.2 Å². The SMILES string of the molecule is CNC1CCN(C(=O)c2cc(-c3ccncc3)nn2C)C1. The molecular formula is C15H19N5O. The highest BCUT2D eigenvalue weighted by Crippen LogP contribution is 2.20. The van der Waals surface area contributed by atoms with E-state index in [1.54, 1.807) is 17.1 Å². The standard InChI is InChI=1S/C15H19N5O/c1-16-12-5-8-20(10-12)15(21)14-9-13(18-19(14)2)11-3-6-17-7-4-11/h3-4,6-7,9,12,16H,5,8,10H2,1-2H3. The molecular weight excluding hydrogens is 266 g/mol. The zero-order valence-corrected chi connectivity index (χ0v) is 12.3. The number of rotatable bonds is 3. The van der Waals surface area contributed by atoms with Gasteiger partial charge in [0.1, 0.15) is 5.69 Å². The van der Waals surface area contributed by atoms with Crippen molar-refractivity contribution < 1.29 is 4.79 Å². The third kappa shape index (κ3) is 2.67. The Morgan fingerprint density at radius 2 is 2.14 bits per heavy atom. The molecule has 3 rings (SSSR count). The molecule has 1 amide bonds. The summed E-state index contributed by atoms with van der Waals surface area (Å²) in [4.78, 5) is 18.5. The van der Waals surface area contributed by atoms with Gasteiger partial charge in [-0.05, 0) is 31.7 Å². The number of carbonyl (C=O) groups excluding carboxylic acids is 1. The van der Waals surface area contributed by atoms with Gasteiger partial charge in [-0.1, -0.05) is 0 Å². The summed E-state index contributed by atoms with van der Waals surface area (Å²) in [6.07, 6.45) is 4.45. The van der Waals surface area contributed by atoms with Gasteiger partial charge in [0.2, 0.25) is 0 Å². The third-order valence-electron chi connectivity index (χ3n) is 3.96. The van der Waals surface area contributed by atoms with Crippen molar-refractivity contribution in [3.63, 3.8) is 0 Å². The predicted molar refractivity (Wildman–Crippen MR) is 79.8 cm³/mol. The number of nitrogens with one attached hydrogen (secondary N) is 1. The Balaban J connectivity index is 1.83. The van der Waals surface area contributed by atoms with Crippen LogP contribution in [-0.2, 0) is 7.05 Å². The number of hydrogen-bond donors (Lipinski definition) is 1. The summed E-state index contributed by atoms with van der Waals surface area (Å²) >= 11 is 0. The first-order chi connectivity index (χ1) is 10.2. The van der Waals surface area contributed by atoms with Crippen LogP contribution in [0.2, 0.25) is 0 Å². The molecule has 1 aliphatic heterocycles. The monoisotopic (exact) mass is 285 g/mol. The summed E-state index contributed by atoms with van der Waals surface area (Å²) < 4.78 is 1.66. The van der Waals surface area contributed by atoms with Crippen molar-refractivity contribution in [3.8, 4) is 11.3 Å². The lowest BCUT2D eigenvalue weighted by Gasteiger charge is -2.16. The number of hydrogen-bond acceptors (Lipinski definition) is 4. The van der Waals surface area contributed by atoms with Crippen LogP contribution in [0.4, 0.5) is 0 Å². The van der Waals surface area contributed by atoms with Crippen LogP contribution in [-0.4, -0.2) is 51.8 Å². The lowest BCUT2D eigenvalue weighted by atomic mass is 10.2. The van der Waals surface area contributed by atoms with E-state index in [4.69, 9.17) is 0 Å². The molecule has 1 atom stereocenters. The minimum absolute atomic E-state index is 0.0445. The molecule has 0 aliphatic carbocycles. The maximum absolute atomic E-state index is 12.6. The van der Waals surface area contributed by atoms with Gasteiger partial charge < -0.3 is 10.2 Å². The third-order valence-corrected chi connectivity index (χ3v) is 3.96. The molecule has 110 valence electrons. The van der Waals surface area contributed by atoms with Crippen molar-refractivity contribution in [1.29, 1.82) is 0 Å². The highest BCUT2D eigenvalue weighted by Gasteiger charge is 2.27. The molecule has 1 fully saturated rings. The van der Waals surface area contributed by atoms with Crippen LogP contribution in [0.3, 0.4) is 0 Å². The quantitative estimate of drug-likeness (QED) is 0.911. The molecule has 0 saturated carbocycles. The van der Waals surface area contributed by atoms with Gasteiger partial charge in [0.15, 0.2) is 0 Å². The Morgan fingerprint density at radius 3 is 2.81 bits per heavy atom. The summed E-state index contributed by atoms with van der Waals surface area (Å²) in [5, 5.41) is 7.66. The lowest BCUT2D eigenvalue weighted by molar-refractivity contribution is 0.0779. The molecule has 6 heteroatoms. The second kappa shape index (κ2) is 5.65. The molecule has 1 aliphatic rings. The summed E-state index contributed by atoms with van der Waals surface area (Å²) in [7, 11) is 3.74. The molecule has 1 saturated heterocycles. The Kier molecular flexibility index (Phi) is 3.70. The second-order valence-corrected chi connectivity index (χ2v) is 5.30. The van der Waals surface area contributed by atoms with E-state index in [2.05, 4.69) is 15.4 Å². The van der Waals surface area contributed by atoms with Crippen LogP contribution in [0.15, 0.2) is 30.6 Å². The maximum atomic E-state index is 12.6. The van der Waals surface area contributed by atoms with Crippen molar-refractivity contribution in [2.45, 2.75) is 12.5 Å². The molecule has 0 bridgehead atoms. The van der Waals surface area contributed by atoms with Gasteiger partial charge in [0.05, 0.1) is 5.69 Å². The second-order valence-electron chi connectivity index (χ2n) is 5.30. The minimum Gasteiger partial charge on any atom is -0.336 e. The first-order valence-corrected chi connectivity index (χ1v) is 7.10. The fourth-order valence-corrected chi connectivity index (χ4v) is 2.67. The van der Waals surface area contributed by atoms with Gasteiger partial charge >= 0.3 is 0 Å². The molecule has 0 spiro atoms. The Hall–Kier alpha value is -2.21. The first kappa shape index (κ1) is 13.8. The van der Waals surface area contributed by atoms with Gasteiger partial charge in [-0.3, -0.25) is 14.5 Å². The zero-order chi connectivity index (χ0) is 14.8. The van der Waals surface area contributed by atoms with Gasteiger partial charge in [0.25, 0.3) is 5.91 Å². The number of carbonyl (C=O) groups is 1. The Bertz CT molecular complexity index is 637. The van der Waals surface area contributed by atoms with Gasteiger partial charge in [0, 0.05) is 44.1 Å². The van der Waals surface area contributed by atoms with E-state index in [0.717, 1.165) is 30.8 Å². The van der Waals surface area contributed by atoms with E-state index in [9.17, 15) is 4.79 Å². The van der Waals surface area contributed by atoms with Crippen LogP contribution < -0.4 is 5.32 Å². The molecule has 2 aromatic rings. The topological polar surface area (TPSA) is 63.1 Å². The predicted octanol–water partition coefficient (Wildman–Crippen LogP) is 0.916. The maximum Gasteiger partial charge on any atom is 0.272 e. The first-order valence-electron chi connectivity index (χ1n) is 7.10. The lowest BCUT2D eigenvalue weighted by Crippen LogP contribution is -2.34. The number of likely N-dealkylation sites (tertiary alicyclic amines) is 1.